The van der Waals surface area contributed by atoms with Crippen molar-refractivity contribution in [1.82, 2.24) is 0 Å². The molecule has 0 radical (unpaired) electrons. The van der Waals surface area contributed by atoms with Gasteiger partial charge in [-0.25, -0.2) is 4.58 Å². The SMILES string of the molecule is O=C1C(=C2C=CC(=[N+](Cc3cccs3)Cc3cccs3)C=C2)C(O)C1c1ccc(N(Cc2cccs2)Cc2cccs2)cc1. The molecule has 0 aliphatic heterocycles. The average Bonchev–Trinajstić information content (AvgIpc) is 3.88. The van der Waals surface area contributed by atoms with Crippen LogP contribution in [0.5, 0.6) is 0 Å². The van der Waals surface area contributed by atoms with Crippen molar-refractivity contribution in [1.29, 1.82) is 0 Å². The third-order valence-corrected chi connectivity index (χ3v) is 11.5. The highest BCUT2D eigenvalue weighted by Gasteiger charge is 2.46. The summed E-state index contributed by atoms with van der Waals surface area (Å²) in [6, 6.07) is 25.2. The van der Waals surface area contributed by atoms with E-state index in [1.807, 2.05) is 24.3 Å². The molecule has 5 aromatic rings. The highest BCUT2D eigenvalue weighted by Crippen LogP contribution is 2.41. The van der Waals surface area contributed by atoms with Crippen molar-refractivity contribution in [2.75, 3.05) is 4.90 Å². The number of aliphatic hydroxyl groups is 1. The van der Waals surface area contributed by atoms with Gasteiger partial charge in [0.15, 0.2) is 18.9 Å². The monoisotopic (exact) mass is 651 g/mol. The van der Waals surface area contributed by atoms with Crippen molar-refractivity contribution >= 4 is 62.5 Å². The van der Waals surface area contributed by atoms with E-state index in [2.05, 4.69) is 104 Å². The number of ketones is 1. The molecule has 0 saturated heterocycles. The summed E-state index contributed by atoms with van der Waals surface area (Å²) in [5, 5.41) is 19.7. The van der Waals surface area contributed by atoms with Crippen molar-refractivity contribution in [2.45, 2.75) is 38.2 Å². The van der Waals surface area contributed by atoms with Crippen LogP contribution in [0, 0.1) is 0 Å². The Balaban J connectivity index is 1.08. The lowest BCUT2D eigenvalue weighted by Gasteiger charge is -2.36. The van der Waals surface area contributed by atoms with Gasteiger partial charge in [-0.2, -0.15) is 0 Å². The maximum absolute atomic E-state index is 13.4. The number of hydrogen-bond acceptors (Lipinski definition) is 7. The van der Waals surface area contributed by atoms with Crippen LogP contribution >= 0.6 is 45.3 Å². The Morgan fingerprint density at radius 3 is 1.61 bits per heavy atom. The molecule has 8 heteroatoms. The standard InChI is InChI=1S/C36H31N2O2S4/c39-35-33(25-9-13-27(14-10-25)37(21-29-5-1-17-41-29)22-30-6-2-18-42-30)36(40)34(35)26-11-15-28(16-12-26)38(23-31-7-3-19-43-31)24-32-8-4-20-44-32/h1-20,33,35,39H,21-24H2/q+1. The van der Waals surface area contributed by atoms with Crippen LogP contribution in [0.3, 0.4) is 0 Å². The van der Waals surface area contributed by atoms with Gasteiger partial charge in [0.1, 0.15) is 0 Å². The summed E-state index contributed by atoms with van der Waals surface area (Å²) in [4.78, 5) is 21.0. The summed E-state index contributed by atoms with van der Waals surface area (Å²) in [6.07, 6.45) is 7.28. The number of nitrogens with zero attached hydrogens (tertiary/aromatic N) is 2. The van der Waals surface area contributed by atoms with Crippen molar-refractivity contribution in [3.05, 3.63) is 155 Å². The minimum absolute atomic E-state index is 0.000976. The molecule has 220 valence electrons. The Kier molecular flexibility index (Phi) is 8.68. The van der Waals surface area contributed by atoms with Crippen molar-refractivity contribution in [3.8, 4) is 0 Å². The van der Waals surface area contributed by atoms with E-state index in [-0.39, 0.29) is 5.78 Å². The maximum atomic E-state index is 13.4. The lowest BCUT2D eigenvalue weighted by Crippen LogP contribution is -2.43. The van der Waals surface area contributed by atoms with Crippen molar-refractivity contribution in [2.24, 2.45) is 0 Å². The lowest BCUT2D eigenvalue weighted by atomic mass is 9.69. The zero-order chi connectivity index (χ0) is 29.9. The molecule has 2 aliphatic carbocycles. The molecule has 44 heavy (non-hydrogen) atoms. The molecule has 1 saturated carbocycles. The molecular weight excluding hydrogens is 621 g/mol. The predicted molar refractivity (Wildman–Crippen MR) is 185 cm³/mol. The number of anilines is 1. The van der Waals surface area contributed by atoms with Crippen molar-refractivity contribution in [3.63, 3.8) is 0 Å². The summed E-state index contributed by atoms with van der Waals surface area (Å²) < 4.78 is 2.36. The van der Waals surface area contributed by atoms with Gasteiger partial charge in [-0.15, -0.1) is 45.3 Å². The molecule has 7 rings (SSSR count). The first-order valence-corrected chi connectivity index (χ1v) is 18.0. The number of carbonyl (C=O) groups is 1. The molecule has 0 amide bonds. The van der Waals surface area contributed by atoms with E-state index in [0.717, 1.165) is 48.7 Å². The first-order valence-electron chi connectivity index (χ1n) is 14.5. The molecule has 1 fully saturated rings. The fourth-order valence-electron chi connectivity index (χ4n) is 5.76. The molecule has 4 nitrogen and oxygen atoms in total. The highest BCUT2D eigenvalue weighted by atomic mass is 32.1. The smallest absolute Gasteiger partial charge is 0.200 e. The molecule has 0 spiro atoms. The van der Waals surface area contributed by atoms with Crippen LogP contribution in [0.15, 0.2) is 130 Å². The first kappa shape index (κ1) is 29.1. The number of allylic oxidation sites excluding steroid dienone is 5. The second kappa shape index (κ2) is 13.1. The zero-order valence-electron chi connectivity index (χ0n) is 23.9. The average molecular weight is 652 g/mol. The molecule has 0 bridgehead atoms. The minimum Gasteiger partial charge on any atom is -0.387 e. The lowest BCUT2D eigenvalue weighted by molar-refractivity contribution is -0.557. The molecule has 1 N–H and O–H groups in total. The number of thiophene rings is 4. The van der Waals surface area contributed by atoms with E-state index in [1.165, 1.54) is 19.5 Å². The number of carbonyl (C=O) groups excluding carboxylic acids is 1. The minimum atomic E-state index is -0.819. The van der Waals surface area contributed by atoms with Gasteiger partial charge < -0.3 is 10.0 Å². The van der Waals surface area contributed by atoms with Crippen LogP contribution < -0.4 is 4.90 Å². The Morgan fingerprint density at radius 1 is 0.659 bits per heavy atom. The van der Waals surface area contributed by atoms with Crippen LogP contribution in [-0.4, -0.2) is 27.3 Å². The van der Waals surface area contributed by atoms with Crippen LogP contribution in [-0.2, 0) is 31.0 Å². The quantitative estimate of drug-likeness (QED) is 0.122. The Hall–Kier alpha value is -3.66. The van der Waals surface area contributed by atoms with E-state index < -0.39 is 12.0 Å². The van der Waals surface area contributed by atoms with Crippen LogP contribution in [0.4, 0.5) is 5.69 Å². The number of hydrogen-bond donors (Lipinski definition) is 1. The van der Waals surface area contributed by atoms with Gasteiger partial charge in [0.05, 0.1) is 34.9 Å². The number of rotatable bonds is 10. The van der Waals surface area contributed by atoms with Gasteiger partial charge in [-0.1, -0.05) is 36.4 Å². The van der Waals surface area contributed by atoms with Gasteiger partial charge in [0, 0.05) is 33.2 Å². The van der Waals surface area contributed by atoms with Gasteiger partial charge in [-0.05, 0) is 81.2 Å². The van der Waals surface area contributed by atoms with E-state index in [9.17, 15) is 9.90 Å². The second-order valence-electron chi connectivity index (χ2n) is 10.9. The van der Waals surface area contributed by atoms with Crippen LogP contribution in [0.25, 0.3) is 0 Å². The van der Waals surface area contributed by atoms with E-state index >= 15 is 0 Å². The highest BCUT2D eigenvalue weighted by molar-refractivity contribution is 7.10. The topological polar surface area (TPSA) is 43.6 Å². The molecule has 1 aromatic carbocycles. The number of aliphatic hydroxyl groups excluding tert-OH is 1. The van der Waals surface area contributed by atoms with Crippen molar-refractivity contribution < 1.29 is 14.5 Å². The summed E-state index contributed by atoms with van der Waals surface area (Å²) in [5.74, 6) is -0.531. The number of benzene rings is 1. The van der Waals surface area contributed by atoms with E-state index in [1.54, 1.807) is 45.3 Å². The van der Waals surface area contributed by atoms with Crippen LogP contribution in [0.2, 0.25) is 0 Å². The second-order valence-corrected chi connectivity index (χ2v) is 15.0. The van der Waals surface area contributed by atoms with Gasteiger partial charge in [0.2, 0.25) is 5.71 Å². The molecular formula is C36H31N2O2S4+. The Labute approximate surface area is 273 Å². The summed E-state index contributed by atoms with van der Waals surface area (Å²) in [6.45, 7) is 3.30. The summed E-state index contributed by atoms with van der Waals surface area (Å²) in [5.41, 5.74) is 4.36. The Bertz CT molecular complexity index is 1730. The van der Waals surface area contributed by atoms with Gasteiger partial charge in [-0.3, -0.25) is 4.79 Å². The fourth-order valence-corrected chi connectivity index (χ4v) is 8.64. The third-order valence-electron chi connectivity index (χ3n) is 8.03. The maximum Gasteiger partial charge on any atom is 0.200 e. The Morgan fingerprint density at radius 2 is 1.16 bits per heavy atom. The molecule has 4 aromatic heterocycles. The molecule has 2 unspecified atom stereocenters. The fraction of sp³-hybridized carbons (Fsp3) is 0.167. The first-order chi connectivity index (χ1) is 21.6. The van der Waals surface area contributed by atoms with Gasteiger partial charge in [0.25, 0.3) is 0 Å². The number of Topliss-reactive ketones (excluding diaryl/α,β-unsaturated/α-hetero) is 1. The predicted octanol–water partition coefficient (Wildman–Crippen LogP) is 8.44. The third kappa shape index (κ3) is 6.27. The van der Waals surface area contributed by atoms with E-state index in [0.29, 0.717) is 5.57 Å². The largest absolute Gasteiger partial charge is 0.387 e. The normalized spacial score (nSPS) is 17.8. The summed E-state index contributed by atoms with van der Waals surface area (Å²) in [7, 11) is 0. The molecule has 4 heterocycles. The van der Waals surface area contributed by atoms with Crippen LogP contribution in [0.1, 0.15) is 31.0 Å². The van der Waals surface area contributed by atoms with E-state index in [4.69, 9.17) is 0 Å². The molecule has 2 atom stereocenters. The van der Waals surface area contributed by atoms with Gasteiger partial charge >= 0.3 is 0 Å². The summed E-state index contributed by atoms with van der Waals surface area (Å²) >= 11 is 7.04. The molecule has 2 aliphatic rings. The zero-order valence-corrected chi connectivity index (χ0v) is 27.2.